The second-order valence-corrected chi connectivity index (χ2v) is 5.22. The summed E-state index contributed by atoms with van der Waals surface area (Å²) in [6, 6.07) is 0. The van der Waals surface area contributed by atoms with Crippen molar-refractivity contribution in [3.05, 3.63) is 0 Å². The first-order chi connectivity index (χ1) is 7.83. The monoisotopic (exact) mass is 227 g/mol. The van der Waals surface area contributed by atoms with Gasteiger partial charge in [-0.05, 0) is 32.4 Å². The number of likely N-dealkylation sites (tertiary alicyclic amines) is 1. The Kier molecular flexibility index (Phi) is 7.87. The van der Waals surface area contributed by atoms with E-state index in [-0.39, 0.29) is 6.10 Å². The fourth-order valence-corrected chi connectivity index (χ4v) is 2.53. The normalized spacial score (nSPS) is 22.5. The van der Waals surface area contributed by atoms with Crippen molar-refractivity contribution in [1.29, 1.82) is 0 Å². The fourth-order valence-electron chi connectivity index (χ4n) is 2.53. The quantitative estimate of drug-likeness (QED) is 0.644. The molecule has 0 aromatic heterocycles. The first kappa shape index (κ1) is 14.0. The van der Waals surface area contributed by atoms with Crippen LogP contribution in [0.5, 0.6) is 0 Å². The van der Waals surface area contributed by atoms with E-state index in [1.807, 2.05) is 0 Å². The van der Waals surface area contributed by atoms with Crippen LogP contribution in [0.4, 0.5) is 0 Å². The summed E-state index contributed by atoms with van der Waals surface area (Å²) in [7, 11) is 0. The van der Waals surface area contributed by atoms with Gasteiger partial charge in [0.2, 0.25) is 0 Å². The number of rotatable bonds is 8. The van der Waals surface area contributed by atoms with Crippen molar-refractivity contribution in [3.8, 4) is 0 Å². The summed E-state index contributed by atoms with van der Waals surface area (Å²) >= 11 is 0. The first-order valence-corrected chi connectivity index (χ1v) is 7.23. The van der Waals surface area contributed by atoms with Gasteiger partial charge in [-0.1, -0.05) is 45.4 Å². The van der Waals surface area contributed by atoms with Gasteiger partial charge >= 0.3 is 0 Å². The number of piperidine rings is 1. The molecule has 1 heterocycles. The molecule has 0 saturated carbocycles. The highest BCUT2D eigenvalue weighted by Gasteiger charge is 2.16. The molecule has 1 aliphatic rings. The molecule has 0 aromatic carbocycles. The van der Waals surface area contributed by atoms with Crippen LogP contribution in [0.3, 0.4) is 0 Å². The maximum Gasteiger partial charge on any atom is 0.0667 e. The Hall–Kier alpha value is -0.0800. The number of hydrogen-bond donors (Lipinski definition) is 1. The van der Waals surface area contributed by atoms with Gasteiger partial charge in [-0.2, -0.15) is 0 Å². The largest absolute Gasteiger partial charge is 0.392 e. The maximum atomic E-state index is 9.54. The summed E-state index contributed by atoms with van der Waals surface area (Å²) in [5, 5.41) is 9.54. The second-order valence-electron chi connectivity index (χ2n) is 5.22. The standard InChI is InChI=1S/C14H29NO/c1-2-3-4-5-6-7-8-11-15-12-9-10-14(16)13-15/h14,16H,2-13H2,1H3. The third kappa shape index (κ3) is 6.49. The molecule has 1 aliphatic heterocycles. The van der Waals surface area contributed by atoms with Crippen LogP contribution in [0.25, 0.3) is 0 Å². The molecule has 0 spiro atoms. The average Bonchev–Trinajstić information content (AvgIpc) is 2.28. The molecule has 1 saturated heterocycles. The highest BCUT2D eigenvalue weighted by atomic mass is 16.3. The number of unbranched alkanes of at least 4 members (excludes halogenated alkanes) is 6. The molecule has 0 aliphatic carbocycles. The molecule has 2 heteroatoms. The molecule has 0 bridgehead atoms. The summed E-state index contributed by atoms with van der Waals surface area (Å²) in [5.41, 5.74) is 0. The van der Waals surface area contributed by atoms with Crippen molar-refractivity contribution < 1.29 is 5.11 Å². The van der Waals surface area contributed by atoms with E-state index in [4.69, 9.17) is 0 Å². The van der Waals surface area contributed by atoms with E-state index in [9.17, 15) is 5.11 Å². The van der Waals surface area contributed by atoms with E-state index in [1.165, 1.54) is 64.5 Å². The Morgan fingerprint density at radius 3 is 2.44 bits per heavy atom. The number of nitrogens with zero attached hydrogens (tertiary/aromatic N) is 1. The summed E-state index contributed by atoms with van der Waals surface area (Å²) in [4.78, 5) is 2.43. The number of β-amino-alcohol motifs (C(OH)–C–C–N with tert-alkyl or cyclic N) is 1. The van der Waals surface area contributed by atoms with E-state index in [0.717, 1.165) is 13.0 Å². The number of aliphatic hydroxyl groups is 1. The van der Waals surface area contributed by atoms with Crippen LogP contribution >= 0.6 is 0 Å². The van der Waals surface area contributed by atoms with Gasteiger partial charge in [0, 0.05) is 6.54 Å². The minimum Gasteiger partial charge on any atom is -0.392 e. The molecule has 0 radical (unpaired) electrons. The van der Waals surface area contributed by atoms with Gasteiger partial charge in [0.1, 0.15) is 0 Å². The maximum absolute atomic E-state index is 9.54. The van der Waals surface area contributed by atoms with Crippen LogP contribution < -0.4 is 0 Å². The Bertz CT molecular complexity index is 161. The molecule has 16 heavy (non-hydrogen) atoms. The van der Waals surface area contributed by atoms with Gasteiger partial charge in [0.05, 0.1) is 6.10 Å². The molecule has 2 nitrogen and oxygen atoms in total. The fraction of sp³-hybridized carbons (Fsp3) is 1.00. The van der Waals surface area contributed by atoms with Crippen LogP contribution in [0.15, 0.2) is 0 Å². The predicted molar refractivity (Wildman–Crippen MR) is 69.7 cm³/mol. The van der Waals surface area contributed by atoms with Crippen molar-refractivity contribution in [1.82, 2.24) is 4.90 Å². The third-order valence-electron chi connectivity index (χ3n) is 3.56. The highest BCUT2D eigenvalue weighted by Crippen LogP contribution is 2.12. The van der Waals surface area contributed by atoms with Gasteiger partial charge in [-0.3, -0.25) is 0 Å². The number of aliphatic hydroxyl groups excluding tert-OH is 1. The molecule has 96 valence electrons. The van der Waals surface area contributed by atoms with Gasteiger partial charge < -0.3 is 10.0 Å². The van der Waals surface area contributed by atoms with Crippen LogP contribution in [-0.2, 0) is 0 Å². The molecule has 1 N–H and O–H groups in total. The SMILES string of the molecule is CCCCCCCCCN1CCCC(O)C1. The topological polar surface area (TPSA) is 23.5 Å². The molecule has 1 unspecified atom stereocenters. The summed E-state index contributed by atoms with van der Waals surface area (Å²) in [6.07, 6.45) is 11.8. The lowest BCUT2D eigenvalue weighted by atomic mass is 10.1. The van der Waals surface area contributed by atoms with Gasteiger partial charge in [-0.25, -0.2) is 0 Å². The Morgan fingerprint density at radius 2 is 1.75 bits per heavy atom. The van der Waals surface area contributed by atoms with E-state index in [2.05, 4.69) is 11.8 Å². The van der Waals surface area contributed by atoms with Gasteiger partial charge in [-0.15, -0.1) is 0 Å². The van der Waals surface area contributed by atoms with Gasteiger partial charge in [0.25, 0.3) is 0 Å². The van der Waals surface area contributed by atoms with E-state index >= 15 is 0 Å². The van der Waals surface area contributed by atoms with Gasteiger partial charge in [0.15, 0.2) is 0 Å². The van der Waals surface area contributed by atoms with E-state index in [1.54, 1.807) is 0 Å². The van der Waals surface area contributed by atoms with Crippen molar-refractivity contribution in [3.63, 3.8) is 0 Å². The van der Waals surface area contributed by atoms with E-state index in [0.29, 0.717) is 0 Å². The molecule has 1 fully saturated rings. The minimum absolute atomic E-state index is 0.0571. The van der Waals surface area contributed by atoms with E-state index < -0.39 is 0 Å². The molecular weight excluding hydrogens is 198 g/mol. The molecular formula is C14H29NO. The zero-order chi connectivity index (χ0) is 11.6. The zero-order valence-electron chi connectivity index (χ0n) is 11.0. The number of hydrogen-bond acceptors (Lipinski definition) is 2. The smallest absolute Gasteiger partial charge is 0.0667 e. The second kappa shape index (κ2) is 9.00. The van der Waals surface area contributed by atoms with Crippen molar-refractivity contribution in [2.24, 2.45) is 0 Å². The predicted octanol–water partition coefficient (Wildman–Crippen LogP) is 3.19. The molecule has 1 atom stereocenters. The molecule has 0 amide bonds. The lowest BCUT2D eigenvalue weighted by molar-refractivity contribution is 0.0698. The Morgan fingerprint density at radius 1 is 1.06 bits per heavy atom. The van der Waals surface area contributed by atoms with Crippen molar-refractivity contribution in [2.75, 3.05) is 19.6 Å². The minimum atomic E-state index is -0.0571. The van der Waals surface area contributed by atoms with Crippen LogP contribution in [0, 0.1) is 0 Å². The van der Waals surface area contributed by atoms with Crippen LogP contribution in [0.1, 0.15) is 64.7 Å². The van der Waals surface area contributed by atoms with Crippen molar-refractivity contribution >= 4 is 0 Å². The first-order valence-electron chi connectivity index (χ1n) is 7.23. The van der Waals surface area contributed by atoms with Crippen molar-refractivity contribution in [2.45, 2.75) is 70.8 Å². The lowest BCUT2D eigenvalue weighted by Crippen LogP contribution is -2.38. The Labute approximate surface area is 101 Å². The zero-order valence-corrected chi connectivity index (χ0v) is 11.0. The summed E-state index contributed by atoms with van der Waals surface area (Å²) in [6.45, 7) is 5.58. The Balaban J connectivity index is 1.86. The summed E-state index contributed by atoms with van der Waals surface area (Å²) in [5.74, 6) is 0. The van der Waals surface area contributed by atoms with Crippen LogP contribution in [-0.4, -0.2) is 35.7 Å². The third-order valence-corrected chi connectivity index (χ3v) is 3.56. The molecule has 0 aromatic rings. The highest BCUT2D eigenvalue weighted by molar-refractivity contribution is 4.71. The summed E-state index contributed by atoms with van der Waals surface area (Å²) < 4.78 is 0. The van der Waals surface area contributed by atoms with Crippen LogP contribution in [0.2, 0.25) is 0 Å². The average molecular weight is 227 g/mol. The lowest BCUT2D eigenvalue weighted by Gasteiger charge is -2.29. The molecule has 1 rings (SSSR count).